The van der Waals surface area contributed by atoms with E-state index in [0.29, 0.717) is 10.6 Å². The molecule has 8 heteroatoms. The Morgan fingerprint density at radius 2 is 1.47 bits per heavy atom. The van der Waals surface area contributed by atoms with Crippen molar-refractivity contribution in [3.8, 4) is 0 Å². The van der Waals surface area contributed by atoms with Crippen LogP contribution in [-0.2, 0) is 14.3 Å². The van der Waals surface area contributed by atoms with Crippen molar-refractivity contribution in [1.82, 2.24) is 0 Å². The van der Waals surface area contributed by atoms with E-state index in [-0.39, 0.29) is 16.8 Å². The van der Waals surface area contributed by atoms with Gasteiger partial charge in [0.2, 0.25) is 29.0 Å². The number of fused-ring (bicyclic) bond motifs is 3. The van der Waals surface area contributed by atoms with Crippen molar-refractivity contribution in [2.75, 3.05) is 4.90 Å². The number of ketones is 2. The Kier molecular flexibility index (Phi) is 4.40. The summed E-state index contributed by atoms with van der Waals surface area (Å²) in [5.41, 5.74) is -1.26. The third kappa shape index (κ3) is 2.59. The standard InChI is InChI=1S/C26H15ClFNO5/c27-14-4-3-5-16(12-14)29-24(32)19-20(25(29)33)26(34-21(19)13-8-10-15(28)11-9-13)22(30)17-6-1-2-7-18(17)23(26)31/h1-12,19-21H/t19-,20-,21-/m1/s1. The van der Waals surface area contributed by atoms with Gasteiger partial charge in [0.05, 0.1) is 23.6 Å². The molecule has 3 atom stereocenters. The van der Waals surface area contributed by atoms with Crippen molar-refractivity contribution in [1.29, 1.82) is 0 Å². The van der Waals surface area contributed by atoms with Gasteiger partial charge in [-0.1, -0.05) is 54.1 Å². The van der Waals surface area contributed by atoms with E-state index in [1.165, 1.54) is 42.5 Å². The van der Waals surface area contributed by atoms with Crippen molar-refractivity contribution in [2.24, 2.45) is 11.8 Å². The third-order valence-electron chi connectivity index (χ3n) is 6.78. The molecule has 2 saturated heterocycles. The molecule has 0 unspecified atom stereocenters. The van der Waals surface area contributed by atoms with Crippen LogP contribution >= 0.6 is 11.6 Å². The number of carbonyl (C=O) groups excluding carboxylic acids is 4. The van der Waals surface area contributed by atoms with Crippen LogP contribution in [0.5, 0.6) is 0 Å². The lowest BCUT2D eigenvalue weighted by molar-refractivity contribution is -0.127. The van der Waals surface area contributed by atoms with Crippen LogP contribution in [0.15, 0.2) is 72.8 Å². The number of halogens is 2. The lowest BCUT2D eigenvalue weighted by Gasteiger charge is -2.27. The maximum atomic E-state index is 13.8. The van der Waals surface area contributed by atoms with Crippen molar-refractivity contribution in [3.63, 3.8) is 0 Å². The molecule has 0 radical (unpaired) electrons. The number of anilines is 1. The number of hydrogen-bond acceptors (Lipinski definition) is 5. The van der Waals surface area contributed by atoms with Crippen molar-refractivity contribution >= 4 is 40.7 Å². The molecule has 1 aliphatic carbocycles. The number of benzene rings is 3. The van der Waals surface area contributed by atoms with E-state index in [1.54, 1.807) is 30.3 Å². The zero-order valence-corrected chi connectivity index (χ0v) is 18.2. The highest BCUT2D eigenvalue weighted by Crippen LogP contribution is 2.57. The molecule has 6 nitrogen and oxygen atoms in total. The minimum Gasteiger partial charge on any atom is -0.349 e. The first-order valence-electron chi connectivity index (χ1n) is 10.6. The summed E-state index contributed by atoms with van der Waals surface area (Å²) in [6.07, 6.45) is -1.10. The Balaban J connectivity index is 1.55. The van der Waals surface area contributed by atoms with Gasteiger partial charge in [-0.05, 0) is 35.9 Å². The first-order chi connectivity index (χ1) is 16.3. The monoisotopic (exact) mass is 475 g/mol. The van der Waals surface area contributed by atoms with Crippen LogP contribution in [0, 0.1) is 17.7 Å². The van der Waals surface area contributed by atoms with Gasteiger partial charge < -0.3 is 4.74 Å². The molecular weight excluding hydrogens is 461 g/mol. The van der Waals surface area contributed by atoms with Crippen LogP contribution in [0.2, 0.25) is 5.02 Å². The van der Waals surface area contributed by atoms with E-state index in [9.17, 15) is 23.6 Å². The van der Waals surface area contributed by atoms with Crippen LogP contribution in [0.1, 0.15) is 32.4 Å². The van der Waals surface area contributed by atoms with Crippen molar-refractivity contribution in [2.45, 2.75) is 11.7 Å². The molecule has 3 aromatic carbocycles. The van der Waals surface area contributed by atoms with Gasteiger partial charge in [0.15, 0.2) is 0 Å². The van der Waals surface area contributed by atoms with E-state index in [1.807, 2.05) is 0 Å². The first-order valence-corrected chi connectivity index (χ1v) is 11.0. The number of imide groups is 1. The molecule has 2 aliphatic heterocycles. The Hall–Kier alpha value is -3.68. The second kappa shape index (κ2) is 7.16. The Morgan fingerprint density at radius 1 is 0.824 bits per heavy atom. The zero-order chi connectivity index (χ0) is 23.8. The highest BCUT2D eigenvalue weighted by Gasteiger charge is 2.74. The summed E-state index contributed by atoms with van der Waals surface area (Å²) in [5, 5.41) is 0.316. The van der Waals surface area contributed by atoms with E-state index in [2.05, 4.69) is 0 Å². The SMILES string of the molecule is O=C1[C@H]2[C@@H](c3ccc(F)cc3)OC3(C(=O)c4ccccc4C3=O)[C@H]2C(=O)N1c1cccc(Cl)c1. The van der Waals surface area contributed by atoms with E-state index < -0.39 is 52.7 Å². The number of ether oxygens (including phenoxy) is 1. The van der Waals surface area contributed by atoms with Crippen LogP contribution in [0.3, 0.4) is 0 Å². The molecule has 3 aliphatic rings. The van der Waals surface area contributed by atoms with E-state index in [4.69, 9.17) is 16.3 Å². The molecule has 3 aromatic rings. The molecule has 168 valence electrons. The molecular formula is C26H15ClFNO5. The summed E-state index contributed by atoms with van der Waals surface area (Å²) >= 11 is 6.09. The fraction of sp³-hybridized carbons (Fsp3) is 0.154. The van der Waals surface area contributed by atoms with Gasteiger partial charge in [-0.2, -0.15) is 0 Å². The van der Waals surface area contributed by atoms with Gasteiger partial charge in [-0.25, -0.2) is 9.29 Å². The number of hydrogen-bond donors (Lipinski definition) is 0. The number of Topliss-reactive ketones (excluding diaryl/α,β-unsaturated/α-hetero) is 2. The fourth-order valence-electron chi connectivity index (χ4n) is 5.34. The lowest BCUT2D eigenvalue weighted by Crippen LogP contribution is -2.51. The van der Waals surface area contributed by atoms with E-state index >= 15 is 0 Å². The maximum absolute atomic E-state index is 13.8. The van der Waals surface area contributed by atoms with Gasteiger partial charge in [0, 0.05) is 16.1 Å². The molecule has 0 N–H and O–H groups in total. The van der Waals surface area contributed by atoms with E-state index in [0.717, 1.165) is 4.90 Å². The molecule has 0 saturated carbocycles. The first kappa shape index (κ1) is 20.9. The number of amides is 2. The molecule has 1 spiro atoms. The largest absolute Gasteiger partial charge is 0.349 e. The van der Waals surface area contributed by atoms with Crippen molar-refractivity contribution < 1.29 is 28.3 Å². The van der Waals surface area contributed by atoms with Gasteiger partial charge in [-0.3, -0.25) is 19.2 Å². The summed E-state index contributed by atoms with van der Waals surface area (Å²) in [7, 11) is 0. The Morgan fingerprint density at radius 3 is 2.09 bits per heavy atom. The molecule has 2 fully saturated rings. The third-order valence-corrected chi connectivity index (χ3v) is 7.02. The topological polar surface area (TPSA) is 80.8 Å². The maximum Gasteiger partial charge on any atom is 0.241 e. The van der Waals surface area contributed by atoms with Gasteiger partial charge in [-0.15, -0.1) is 0 Å². The summed E-state index contributed by atoms with van der Waals surface area (Å²) in [6, 6.07) is 17.7. The highest BCUT2D eigenvalue weighted by atomic mass is 35.5. The molecule has 34 heavy (non-hydrogen) atoms. The second-order valence-corrected chi connectivity index (χ2v) is 8.96. The van der Waals surface area contributed by atoms with Gasteiger partial charge >= 0.3 is 0 Å². The lowest BCUT2D eigenvalue weighted by atomic mass is 9.77. The van der Waals surface area contributed by atoms with Gasteiger partial charge in [0.1, 0.15) is 5.82 Å². The van der Waals surface area contributed by atoms with Gasteiger partial charge in [0.25, 0.3) is 0 Å². The Labute approximate surface area is 197 Å². The summed E-state index contributed by atoms with van der Waals surface area (Å²) in [5.74, 6) is -5.65. The zero-order valence-electron chi connectivity index (χ0n) is 17.4. The highest BCUT2D eigenvalue weighted by molar-refractivity contribution is 6.37. The normalized spacial score (nSPS) is 24.8. The average Bonchev–Trinajstić information content (AvgIpc) is 3.40. The quantitative estimate of drug-likeness (QED) is 0.410. The molecule has 2 amide bonds. The van der Waals surface area contributed by atoms with Crippen LogP contribution in [0.25, 0.3) is 0 Å². The fourth-order valence-corrected chi connectivity index (χ4v) is 5.52. The smallest absolute Gasteiger partial charge is 0.241 e. The summed E-state index contributed by atoms with van der Waals surface area (Å²) in [6.45, 7) is 0. The minimum absolute atomic E-state index is 0.146. The number of nitrogens with zero attached hydrogens (tertiary/aromatic N) is 1. The summed E-state index contributed by atoms with van der Waals surface area (Å²) < 4.78 is 19.8. The van der Waals surface area contributed by atoms with Crippen LogP contribution < -0.4 is 4.90 Å². The average molecular weight is 476 g/mol. The molecule has 0 aromatic heterocycles. The molecule has 0 bridgehead atoms. The number of rotatable bonds is 2. The summed E-state index contributed by atoms with van der Waals surface area (Å²) in [4.78, 5) is 55.7. The second-order valence-electron chi connectivity index (χ2n) is 8.52. The predicted molar refractivity (Wildman–Crippen MR) is 119 cm³/mol. The van der Waals surface area contributed by atoms with Crippen LogP contribution in [-0.4, -0.2) is 29.0 Å². The predicted octanol–water partition coefficient (Wildman–Crippen LogP) is 4.17. The van der Waals surface area contributed by atoms with Crippen LogP contribution in [0.4, 0.5) is 10.1 Å². The minimum atomic E-state index is -2.17. The Bertz CT molecular complexity index is 1380. The number of carbonyl (C=O) groups is 4. The molecule has 6 rings (SSSR count). The molecule has 2 heterocycles. The van der Waals surface area contributed by atoms with Crippen molar-refractivity contribution in [3.05, 3.63) is 100 Å².